The summed E-state index contributed by atoms with van der Waals surface area (Å²) in [5, 5.41) is 0. The van der Waals surface area contributed by atoms with Crippen LogP contribution in [0.1, 0.15) is 50.6 Å². The second-order valence-corrected chi connectivity index (χ2v) is 6.35. The fourth-order valence-corrected chi connectivity index (χ4v) is 4.29. The quantitative estimate of drug-likeness (QED) is 0.901. The Morgan fingerprint density at radius 1 is 1.11 bits per heavy atom. The first-order chi connectivity index (χ1) is 9.27. The number of benzene rings is 1. The molecule has 19 heavy (non-hydrogen) atoms. The first-order valence-electron chi connectivity index (χ1n) is 7.83. The summed E-state index contributed by atoms with van der Waals surface area (Å²) in [4.78, 5) is 2.72. The Bertz CT molecular complexity index is 401. The van der Waals surface area contributed by atoms with E-state index < -0.39 is 0 Å². The lowest BCUT2D eigenvalue weighted by molar-refractivity contribution is 0.0571. The topological polar surface area (TPSA) is 29.3 Å². The van der Waals surface area contributed by atoms with Crippen molar-refractivity contribution >= 4 is 0 Å². The van der Waals surface area contributed by atoms with Gasteiger partial charge < -0.3 is 5.73 Å². The molecule has 1 saturated heterocycles. The zero-order valence-electron chi connectivity index (χ0n) is 12.0. The maximum atomic E-state index is 6.34. The van der Waals surface area contributed by atoms with E-state index in [1.54, 1.807) is 0 Å². The first kappa shape index (κ1) is 13.1. The average molecular weight is 258 g/mol. The molecule has 2 nitrogen and oxygen atoms in total. The molecule has 1 aromatic carbocycles. The Hall–Kier alpha value is -0.860. The fraction of sp³-hybridized carbons (Fsp3) is 0.647. The minimum absolute atomic E-state index is 0.196. The van der Waals surface area contributed by atoms with Crippen LogP contribution in [0.3, 0.4) is 0 Å². The summed E-state index contributed by atoms with van der Waals surface area (Å²) in [6.45, 7) is 3.39. The van der Waals surface area contributed by atoms with E-state index in [4.69, 9.17) is 5.73 Å². The van der Waals surface area contributed by atoms with Gasteiger partial charge in [-0.05, 0) is 50.6 Å². The molecule has 2 fully saturated rings. The van der Waals surface area contributed by atoms with Crippen molar-refractivity contribution in [2.75, 3.05) is 6.54 Å². The van der Waals surface area contributed by atoms with Gasteiger partial charge in [0.1, 0.15) is 0 Å². The van der Waals surface area contributed by atoms with Gasteiger partial charge in [0.15, 0.2) is 0 Å². The summed E-state index contributed by atoms with van der Waals surface area (Å²) in [5.74, 6) is 0.929. The fourth-order valence-electron chi connectivity index (χ4n) is 4.29. The van der Waals surface area contributed by atoms with Crippen LogP contribution in [-0.4, -0.2) is 23.5 Å². The van der Waals surface area contributed by atoms with Crippen LogP contribution >= 0.6 is 0 Å². The number of fused-ring (bicyclic) bond motifs is 1. The van der Waals surface area contributed by atoms with Gasteiger partial charge in [0.2, 0.25) is 0 Å². The van der Waals surface area contributed by atoms with Crippen molar-refractivity contribution in [3.63, 3.8) is 0 Å². The van der Waals surface area contributed by atoms with Gasteiger partial charge in [-0.3, -0.25) is 4.90 Å². The number of rotatable bonds is 3. The van der Waals surface area contributed by atoms with Crippen molar-refractivity contribution < 1.29 is 0 Å². The lowest BCUT2D eigenvalue weighted by Crippen LogP contribution is -2.49. The maximum Gasteiger partial charge on any atom is 0.0499 e. The summed E-state index contributed by atoms with van der Waals surface area (Å²) in [5.41, 5.74) is 7.73. The van der Waals surface area contributed by atoms with E-state index in [1.807, 2.05) is 0 Å². The lowest BCUT2D eigenvalue weighted by Gasteiger charge is -2.44. The van der Waals surface area contributed by atoms with E-state index in [-0.39, 0.29) is 6.04 Å². The van der Waals surface area contributed by atoms with Gasteiger partial charge in [-0.2, -0.15) is 0 Å². The molecule has 104 valence electrons. The summed E-state index contributed by atoms with van der Waals surface area (Å²) in [6.07, 6.45) is 6.99. The molecule has 3 rings (SSSR count). The Balaban J connectivity index is 1.87. The predicted molar refractivity (Wildman–Crippen MR) is 79.9 cm³/mol. The van der Waals surface area contributed by atoms with Crippen LogP contribution in [-0.2, 0) is 0 Å². The molecule has 0 radical (unpaired) electrons. The highest BCUT2D eigenvalue weighted by atomic mass is 15.2. The minimum Gasteiger partial charge on any atom is -0.326 e. The minimum atomic E-state index is 0.196. The molecule has 4 atom stereocenters. The number of likely N-dealkylation sites (tertiary alicyclic amines) is 1. The molecular weight excluding hydrogens is 232 g/mol. The number of nitrogens with two attached hydrogens (primary N) is 1. The number of hydrogen-bond acceptors (Lipinski definition) is 2. The number of hydrogen-bond donors (Lipinski definition) is 1. The van der Waals surface area contributed by atoms with Crippen molar-refractivity contribution in [2.24, 2.45) is 11.7 Å². The van der Waals surface area contributed by atoms with Crippen LogP contribution in [0.5, 0.6) is 0 Å². The number of nitrogens with zero attached hydrogens (tertiary/aromatic N) is 1. The third-order valence-electron chi connectivity index (χ3n) is 5.03. The van der Waals surface area contributed by atoms with E-state index in [1.165, 1.54) is 44.2 Å². The zero-order chi connectivity index (χ0) is 13.2. The molecule has 0 bridgehead atoms. The zero-order valence-corrected chi connectivity index (χ0v) is 12.0. The van der Waals surface area contributed by atoms with Gasteiger partial charge in [0, 0.05) is 18.1 Å². The highest BCUT2D eigenvalue weighted by Crippen LogP contribution is 2.41. The summed E-state index contributed by atoms with van der Waals surface area (Å²) >= 11 is 0. The van der Waals surface area contributed by atoms with Gasteiger partial charge in [0.05, 0.1) is 0 Å². The smallest absolute Gasteiger partial charge is 0.0499 e. The highest BCUT2D eigenvalue weighted by Gasteiger charge is 2.39. The van der Waals surface area contributed by atoms with Crippen LogP contribution in [0.2, 0.25) is 0 Å². The third-order valence-corrected chi connectivity index (χ3v) is 5.03. The molecule has 1 aliphatic carbocycles. The molecule has 0 spiro atoms. The van der Waals surface area contributed by atoms with Crippen molar-refractivity contribution in [1.82, 2.24) is 4.90 Å². The van der Waals surface area contributed by atoms with Crippen LogP contribution < -0.4 is 5.73 Å². The normalized spacial score (nSPS) is 30.8. The summed E-state index contributed by atoms with van der Waals surface area (Å²) in [6, 6.07) is 12.2. The molecule has 2 heteroatoms. The molecule has 2 aliphatic rings. The molecule has 0 amide bonds. The van der Waals surface area contributed by atoms with Crippen molar-refractivity contribution in [2.45, 2.75) is 57.2 Å². The van der Waals surface area contributed by atoms with Gasteiger partial charge in [-0.25, -0.2) is 0 Å². The van der Waals surface area contributed by atoms with E-state index in [0.29, 0.717) is 6.04 Å². The van der Waals surface area contributed by atoms with Crippen LogP contribution in [0.25, 0.3) is 0 Å². The SMILES string of the molecule is CC(N)C(c1ccccc1)N1CCCC2CCCC21. The second-order valence-electron chi connectivity index (χ2n) is 6.35. The van der Waals surface area contributed by atoms with Crippen LogP contribution in [0, 0.1) is 5.92 Å². The standard InChI is InChI=1S/C17H26N2/c1-13(18)17(15-7-3-2-4-8-15)19-12-6-10-14-9-5-11-16(14)19/h2-4,7-8,13-14,16-17H,5-6,9-12,18H2,1H3. The predicted octanol–water partition coefficient (Wildman–Crippen LogP) is 3.34. The van der Waals surface area contributed by atoms with E-state index in [9.17, 15) is 0 Å². The van der Waals surface area contributed by atoms with Gasteiger partial charge in [0.25, 0.3) is 0 Å². The first-order valence-corrected chi connectivity index (χ1v) is 7.83. The molecule has 0 aromatic heterocycles. The molecule has 1 saturated carbocycles. The maximum absolute atomic E-state index is 6.34. The Morgan fingerprint density at radius 3 is 2.58 bits per heavy atom. The van der Waals surface area contributed by atoms with Gasteiger partial charge >= 0.3 is 0 Å². The van der Waals surface area contributed by atoms with E-state index in [2.05, 4.69) is 42.2 Å². The van der Waals surface area contributed by atoms with Crippen molar-refractivity contribution in [3.8, 4) is 0 Å². The van der Waals surface area contributed by atoms with Crippen molar-refractivity contribution in [3.05, 3.63) is 35.9 Å². The molecule has 1 aliphatic heterocycles. The molecule has 1 heterocycles. The molecule has 1 aromatic rings. The summed E-state index contributed by atoms with van der Waals surface area (Å²) < 4.78 is 0. The monoisotopic (exact) mass is 258 g/mol. The van der Waals surface area contributed by atoms with Crippen molar-refractivity contribution in [1.29, 1.82) is 0 Å². The van der Waals surface area contributed by atoms with Gasteiger partial charge in [-0.15, -0.1) is 0 Å². The Labute approximate surface area is 117 Å². The van der Waals surface area contributed by atoms with E-state index >= 15 is 0 Å². The largest absolute Gasteiger partial charge is 0.326 e. The Morgan fingerprint density at radius 2 is 1.84 bits per heavy atom. The lowest BCUT2D eigenvalue weighted by atomic mass is 9.87. The third kappa shape index (κ3) is 2.56. The summed E-state index contributed by atoms with van der Waals surface area (Å²) in [7, 11) is 0. The van der Waals surface area contributed by atoms with E-state index in [0.717, 1.165) is 12.0 Å². The molecule has 2 N–H and O–H groups in total. The Kier molecular flexibility index (Phi) is 3.90. The second kappa shape index (κ2) is 5.64. The average Bonchev–Trinajstić information content (AvgIpc) is 2.89. The number of piperidine rings is 1. The highest BCUT2D eigenvalue weighted by molar-refractivity contribution is 5.21. The van der Waals surface area contributed by atoms with Crippen LogP contribution in [0.4, 0.5) is 0 Å². The molecular formula is C17H26N2. The molecule has 4 unspecified atom stereocenters. The van der Waals surface area contributed by atoms with Gasteiger partial charge in [-0.1, -0.05) is 36.8 Å². The van der Waals surface area contributed by atoms with Crippen LogP contribution in [0.15, 0.2) is 30.3 Å².